The van der Waals surface area contributed by atoms with Gasteiger partial charge in [0.05, 0.1) is 16.6 Å². The normalized spacial score (nSPS) is 13.3. The van der Waals surface area contributed by atoms with E-state index in [1.807, 2.05) is 47.0 Å². The first-order chi connectivity index (χ1) is 13.6. The maximum absolute atomic E-state index is 12.7. The Morgan fingerprint density at radius 2 is 1.68 bits per heavy atom. The first-order valence-electron chi connectivity index (χ1n) is 9.03. The number of nitrogens with one attached hydrogen (secondary N) is 1. The molecule has 4 aromatic rings. The van der Waals surface area contributed by atoms with Crippen molar-refractivity contribution in [1.29, 1.82) is 0 Å². The molecule has 0 saturated heterocycles. The van der Waals surface area contributed by atoms with Crippen LogP contribution in [-0.4, -0.2) is 28.0 Å². The molecule has 28 heavy (non-hydrogen) atoms. The molecular weight excluding hydrogens is 354 g/mol. The molecule has 3 aromatic carbocycles. The van der Waals surface area contributed by atoms with Gasteiger partial charge in [0, 0.05) is 29.4 Å². The van der Waals surface area contributed by atoms with Crippen molar-refractivity contribution in [2.24, 2.45) is 5.73 Å². The number of hydrogen-bond acceptors (Lipinski definition) is 4. The van der Waals surface area contributed by atoms with Crippen molar-refractivity contribution < 1.29 is 14.7 Å². The van der Waals surface area contributed by atoms with E-state index in [0.717, 1.165) is 22.0 Å². The van der Waals surface area contributed by atoms with E-state index in [1.165, 1.54) is 0 Å². The van der Waals surface area contributed by atoms with Gasteiger partial charge in [-0.15, -0.1) is 0 Å². The SMILES string of the molecule is NCCn1c2ccc(O)cc2c2c3c(c(-c4ccccc4)cc21)C(=O)NC3=O. The van der Waals surface area contributed by atoms with E-state index in [2.05, 4.69) is 5.32 Å². The number of fused-ring (bicyclic) bond motifs is 5. The first kappa shape index (κ1) is 16.5. The second kappa shape index (κ2) is 5.94. The van der Waals surface area contributed by atoms with Crippen molar-refractivity contribution in [3.05, 3.63) is 65.7 Å². The number of imide groups is 1. The van der Waals surface area contributed by atoms with Gasteiger partial charge in [-0.3, -0.25) is 14.9 Å². The number of carbonyl (C=O) groups is 2. The Labute approximate surface area is 160 Å². The summed E-state index contributed by atoms with van der Waals surface area (Å²) in [6, 6.07) is 16.5. The van der Waals surface area contributed by atoms with Gasteiger partial charge in [-0.25, -0.2) is 0 Å². The fourth-order valence-electron chi connectivity index (χ4n) is 4.15. The van der Waals surface area contributed by atoms with E-state index in [9.17, 15) is 14.7 Å². The largest absolute Gasteiger partial charge is 0.508 e. The second-order valence-electron chi connectivity index (χ2n) is 6.86. The number of nitrogens with two attached hydrogens (primary N) is 1. The van der Waals surface area contributed by atoms with Crippen LogP contribution in [0.1, 0.15) is 20.7 Å². The van der Waals surface area contributed by atoms with Gasteiger partial charge in [0.25, 0.3) is 11.8 Å². The standard InChI is InChI=1S/C22H17N3O3/c23-8-9-25-16-7-6-13(26)10-15(16)18-17(25)11-14(12-4-2-1-3-5-12)19-20(18)22(28)24-21(19)27/h1-7,10-11,26H,8-9,23H2,(H,24,27,28). The predicted molar refractivity (Wildman–Crippen MR) is 107 cm³/mol. The topological polar surface area (TPSA) is 97.3 Å². The van der Waals surface area contributed by atoms with E-state index >= 15 is 0 Å². The third kappa shape index (κ3) is 2.18. The lowest BCUT2D eigenvalue weighted by molar-refractivity contribution is 0.0880. The van der Waals surface area contributed by atoms with Crippen molar-refractivity contribution in [3.8, 4) is 16.9 Å². The van der Waals surface area contributed by atoms with Crippen LogP contribution in [0.4, 0.5) is 0 Å². The fraction of sp³-hybridized carbons (Fsp3) is 0.0909. The lowest BCUT2D eigenvalue weighted by Gasteiger charge is -2.10. The maximum Gasteiger partial charge on any atom is 0.259 e. The molecule has 2 heterocycles. The quantitative estimate of drug-likeness (QED) is 0.482. The highest BCUT2D eigenvalue weighted by molar-refractivity contribution is 6.32. The van der Waals surface area contributed by atoms with E-state index in [4.69, 9.17) is 5.73 Å². The molecule has 1 aliphatic rings. The van der Waals surface area contributed by atoms with E-state index in [1.54, 1.807) is 12.1 Å². The highest BCUT2D eigenvalue weighted by Gasteiger charge is 2.34. The molecule has 0 saturated carbocycles. The lowest BCUT2D eigenvalue weighted by atomic mass is 9.93. The summed E-state index contributed by atoms with van der Waals surface area (Å²) in [7, 11) is 0. The molecule has 1 aliphatic heterocycles. The molecule has 1 aromatic heterocycles. The van der Waals surface area contributed by atoms with Crippen LogP contribution in [0.2, 0.25) is 0 Å². The zero-order valence-electron chi connectivity index (χ0n) is 14.9. The molecular formula is C22H17N3O3. The van der Waals surface area contributed by atoms with Crippen molar-refractivity contribution >= 4 is 33.6 Å². The molecule has 4 N–H and O–H groups in total. The number of phenolic OH excluding ortho intramolecular Hbond substituents is 1. The number of aromatic nitrogens is 1. The third-order valence-corrected chi connectivity index (χ3v) is 5.26. The Morgan fingerprint density at radius 1 is 0.929 bits per heavy atom. The highest BCUT2D eigenvalue weighted by atomic mass is 16.3. The number of carbonyl (C=O) groups excluding carboxylic acids is 2. The number of phenols is 1. The number of nitrogens with zero attached hydrogens (tertiary/aromatic N) is 1. The Bertz CT molecular complexity index is 1290. The molecule has 2 amide bonds. The zero-order chi connectivity index (χ0) is 19.4. The van der Waals surface area contributed by atoms with Crippen LogP contribution in [0.5, 0.6) is 5.75 Å². The van der Waals surface area contributed by atoms with Crippen LogP contribution in [0.3, 0.4) is 0 Å². The zero-order valence-corrected chi connectivity index (χ0v) is 14.9. The number of aromatic hydroxyl groups is 1. The number of amides is 2. The number of rotatable bonds is 3. The van der Waals surface area contributed by atoms with Crippen LogP contribution in [0, 0.1) is 0 Å². The molecule has 6 heteroatoms. The van der Waals surface area contributed by atoms with Gasteiger partial charge in [0.1, 0.15) is 5.75 Å². The van der Waals surface area contributed by atoms with Crippen LogP contribution in [0.15, 0.2) is 54.6 Å². The average Bonchev–Trinajstić information content (AvgIpc) is 3.16. The molecule has 0 atom stereocenters. The smallest absolute Gasteiger partial charge is 0.259 e. The molecule has 0 bridgehead atoms. The average molecular weight is 371 g/mol. The van der Waals surface area contributed by atoms with Gasteiger partial charge in [-0.05, 0) is 35.4 Å². The van der Waals surface area contributed by atoms with Crippen LogP contribution < -0.4 is 11.1 Å². The van der Waals surface area contributed by atoms with Crippen molar-refractivity contribution in [1.82, 2.24) is 9.88 Å². The Morgan fingerprint density at radius 3 is 2.43 bits per heavy atom. The molecule has 0 aliphatic carbocycles. The van der Waals surface area contributed by atoms with Gasteiger partial charge in [0.15, 0.2) is 0 Å². The summed E-state index contributed by atoms with van der Waals surface area (Å²) in [5.74, 6) is -0.719. The Hall–Kier alpha value is -3.64. The second-order valence-corrected chi connectivity index (χ2v) is 6.86. The molecule has 138 valence electrons. The van der Waals surface area contributed by atoms with Gasteiger partial charge in [-0.1, -0.05) is 30.3 Å². The van der Waals surface area contributed by atoms with Crippen LogP contribution >= 0.6 is 0 Å². The molecule has 0 unspecified atom stereocenters. The van der Waals surface area contributed by atoms with Gasteiger partial charge in [-0.2, -0.15) is 0 Å². The van der Waals surface area contributed by atoms with Gasteiger partial charge in [0.2, 0.25) is 0 Å². The minimum absolute atomic E-state index is 0.102. The van der Waals surface area contributed by atoms with Crippen LogP contribution in [0.25, 0.3) is 32.9 Å². The fourth-order valence-corrected chi connectivity index (χ4v) is 4.15. The van der Waals surface area contributed by atoms with Crippen molar-refractivity contribution in [2.75, 3.05) is 6.54 Å². The third-order valence-electron chi connectivity index (χ3n) is 5.26. The number of hydrogen-bond donors (Lipinski definition) is 3. The Kier molecular flexibility index (Phi) is 3.50. The summed E-state index contributed by atoms with van der Waals surface area (Å²) in [5, 5.41) is 13.8. The van der Waals surface area contributed by atoms with E-state index in [-0.39, 0.29) is 5.75 Å². The number of benzene rings is 3. The van der Waals surface area contributed by atoms with E-state index < -0.39 is 11.8 Å². The van der Waals surface area contributed by atoms with E-state index in [0.29, 0.717) is 35.2 Å². The summed E-state index contributed by atoms with van der Waals surface area (Å²) < 4.78 is 2.03. The molecule has 5 rings (SSSR count). The summed E-state index contributed by atoms with van der Waals surface area (Å²) in [4.78, 5) is 25.4. The molecule has 0 radical (unpaired) electrons. The molecule has 6 nitrogen and oxygen atoms in total. The van der Waals surface area contributed by atoms with Crippen molar-refractivity contribution in [3.63, 3.8) is 0 Å². The first-order valence-corrected chi connectivity index (χ1v) is 9.03. The monoisotopic (exact) mass is 371 g/mol. The van der Waals surface area contributed by atoms with Gasteiger partial charge < -0.3 is 15.4 Å². The summed E-state index contributed by atoms with van der Waals surface area (Å²) >= 11 is 0. The molecule has 0 fully saturated rings. The summed E-state index contributed by atoms with van der Waals surface area (Å²) in [6.45, 7) is 0.968. The predicted octanol–water partition coefficient (Wildman–Crippen LogP) is 3.01. The molecule has 0 spiro atoms. The van der Waals surface area contributed by atoms with Gasteiger partial charge >= 0.3 is 0 Å². The van der Waals surface area contributed by atoms with Crippen molar-refractivity contribution in [2.45, 2.75) is 6.54 Å². The lowest BCUT2D eigenvalue weighted by Crippen LogP contribution is -2.20. The maximum atomic E-state index is 12.7. The summed E-state index contributed by atoms with van der Waals surface area (Å²) in [5.41, 5.74) is 9.80. The van der Waals surface area contributed by atoms with Crippen LogP contribution in [-0.2, 0) is 6.54 Å². The minimum atomic E-state index is -0.419. The Balaban J connectivity index is 2.01. The minimum Gasteiger partial charge on any atom is -0.508 e. The highest BCUT2D eigenvalue weighted by Crippen LogP contribution is 2.41. The summed E-state index contributed by atoms with van der Waals surface area (Å²) in [6.07, 6.45) is 0.